The van der Waals surface area contributed by atoms with Crippen LogP contribution >= 0.6 is 23.5 Å². The SMILES string of the molecule is CC1(C)N=NC2(SC(c3ccccc3)=NC2(C)C)S1. The predicted molar refractivity (Wildman–Crippen MR) is 83.9 cm³/mol. The molecule has 1 spiro atoms. The van der Waals surface area contributed by atoms with E-state index in [-0.39, 0.29) is 14.6 Å². The Kier molecular flexibility index (Phi) is 2.84. The third-order valence-corrected chi connectivity index (χ3v) is 6.54. The fourth-order valence-electron chi connectivity index (χ4n) is 2.16. The Hall–Kier alpha value is -0.810. The molecule has 3 rings (SSSR count). The number of benzene rings is 1. The molecule has 19 heavy (non-hydrogen) atoms. The van der Waals surface area contributed by atoms with E-state index in [9.17, 15) is 0 Å². The molecule has 0 saturated heterocycles. The Labute approximate surface area is 122 Å². The van der Waals surface area contributed by atoms with Gasteiger partial charge in [-0.15, -0.1) is 0 Å². The maximum atomic E-state index is 4.90. The Bertz CT molecular complexity index is 563. The highest BCUT2D eigenvalue weighted by Crippen LogP contribution is 2.61. The van der Waals surface area contributed by atoms with Crippen LogP contribution < -0.4 is 0 Å². The molecule has 2 heterocycles. The van der Waals surface area contributed by atoms with Crippen LogP contribution in [0.1, 0.15) is 33.3 Å². The molecular weight excluding hydrogens is 274 g/mol. The summed E-state index contributed by atoms with van der Waals surface area (Å²) in [5.74, 6) is 0. The van der Waals surface area contributed by atoms with Crippen LogP contribution in [0.2, 0.25) is 0 Å². The Balaban J connectivity index is 1.97. The van der Waals surface area contributed by atoms with Crippen molar-refractivity contribution in [1.82, 2.24) is 0 Å². The van der Waals surface area contributed by atoms with E-state index in [0.717, 1.165) is 10.6 Å². The number of azo groups is 1. The van der Waals surface area contributed by atoms with Gasteiger partial charge in [-0.1, -0.05) is 53.9 Å². The lowest BCUT2D eigenvalue weighted by atomic mass is 10.1. The molecule has 2 aliphatic rings. The molecule has 100 valence electrons. The van der Waals surface area contributed by atoms with Gasteiger partial charge in [0.2, 0.25) is 4.20 Å². The van der Waals surface area contributed by atoms with Crippen molar-refractivity contribution in [2.24, 2.45) is 15.2 Å². The van der Waals surface area contributed by atoms with E-state index in [1.807, 2.05) is 18.2 Å². The van der Waals surface area contributed by atoms with E-state index in [2.05, 4.69) is 50.1 Å². The maximum absolute atomic E-state index is 4.90. The van der Waals surface area contributed by atoms with Gasteiger partial charge in [0.1, 0.15) is 15.5 Å². The highest BCUT2D eigenvalue weighted by molar-refractivity contribution is 8.27. The predicted octanol–water partition coefficient (Wildman–Crippen LogP) is 4.55. The summed E-state index contributed by atoms with van der Waals surface area (Å²) >= 11 is 3.53. The summed E-state index contributed by atoms with van der Waals surface area (Å²) in [6.45, 7) is 8.49. The fourth-order valence-corrected chi connectivity index (χ4v) is 5.48. The third kappa shape index (κ3) is 2.13. The Morgan fingerprint density at radius 2 is 1.63 bits per heavy atom. The quantitative estimate of drug-likeness (QED) is 0.761. The number of hydrogen-bond donors (Lipinski definition) is 0. The van der Waals surface area contributed by atoms with E-state index in [0.29, 0.717) is 0 Å². The van der Waals surface area contributed by atoms with Crippen LogP contribution in [0.3, 0.4) is 0 Å². The Morgan fingerprint density at radius 3 is 2.21 bits per heavy atom. The minimum atomic E-state index is -0.318. The van der Waals surface area contributed by atoms with Crippen molar-refractivity contribution in [1.29, 1.82) is 0 Å². The molecule has 0 N–H and O–H groups in total. The molecule has 0 radical (unpaired) electrons. The molecule has 3 nitrogen and oxygen atoms in total. The lowest BCUT2D eigenvalue weighted by Gasteiger charge is -2.31. The van der Waals surface area contributed by atoms with Gasteiger partial charge in [-0.2, -0.15) is 10.2 Å². The van der Waals surface area contributed by atoms with Crippen LogP contribution in [0.25, 0.3) is 0 Å². The van der Waals surface area contributed by atoms with Crippen molar-refractivity contribution >= 4 is 28.6 Å². The van der Waals surface area contributed by atoms with Gasteiger partial charge < -0.3 is 0 Å². The molecule has 0 aliphatic carbocycles. The van der Waals surface area contributed by atoms with Crippen LogP contribution in [0, 0.1) is 0 Å². The molecule has 0 aromatic heterocycles. The average molecular weight is 291 g/mol. The monoisotopic (exact) mass is 291 g/mol. The summed E-state index contributed by atoms with van der Waals surface area (Å²) in [6, 6.07) is 10.3. The third-order valence-electron chi connectivity index (χ3n) is 3.22. The topological polar surface area (TPSA) is 37.1 Å². The van der Waals surface area contributed by atoms with E-state index in [4.69, 9.17) is 4.99 Å². The second-order valence-corrected chi connectivity index (χ2v) is 9.01. The molecule has 1 atom stereocenters. The van der Waals surface area contributed by atoms with Crippen molar-refractivity contribution in [3.63, 3.8) is 0 Å². The number of aliphatic imine (C=N–C) groups is 1. The summed E-state index contributed by atoms with van der Waals surface area (Å²) < 4.78 is -0.318. The lowest BCUT2D eigenvalue weighted by Crippen LogP contribution is -2.38. The number of hydrogen-bond acceptors (Lipinski definition) is 5. The molecule has 1 aromatic rings. The van der Waals surface area contributed by atoms with Crippen molar-refractivity contribution in [3.05, 3.63) is 35.9 Å². The highest BCUT2D eigenvalue weighted by Gasteiger charge is 2.58. The zero-order chi connectivity index (χ0) is 13.7. The van der Waals surface area contributed by atoms with Gasteiger partial charge in [-0.3, -0.25) is 4.99 Å². The highest BCUT2D eigenvalue weighted by atomic mass is 32.2. The molecule has 0 bridgehead atoms. The molecule has 0 fully saturated rings. The van der Waals surface area contributed by atoms with Crippen LogP contribution in [0.15, 0.2) is 45.6 Å². The summed E-state index contributed by atoms with van der Waals surface area (Å²) in [6.07, 6.45) is 0. The second-order valence-electron chi connectivity index (χ2n) is 5.77. The first-order chi connectivity index (χ1) is 8.84. The van der Waals surface area contributed by atoms with Gasteiger partial charge >= 0.3 is 0 Å². The zero-order valence-electron chi connectivity index (χ0n) is 11.5. The summed E-state index contributed by atoms with van der Waals surface area (Å²) in [4.78, 5) is 4.74. The second kappa shape index (κ2) is 4.09. The van der Waals surface area contributed by atoms with E-state index >= 15 is 0 Å². The van der Waals surface area contributed by atoms with Crippen LogP contribution in [0.4, 0.5) is 0 Å². The van der Waals surface area contributed by atoms with Crippen LogP contribution in [0.5, 0.6) is 0 Å². The van der Waals surface area contributed by atoms with Crippen molar-refractivity contribution in [2.75, 3.05) is 0 Å². The Morgan fingerprint density at radius 1 is 0.947 bits per heavy atom. The molecule has 1 unspecified atom stereocenters. The maximum Gasteiger partial charge on any atom is 0.205 e. The first-order valence-corrected chi connectivity index (χ1v) is 7.95. The van der Waals surface area contributed by atoms with Gasteiger partial charge in [0.15, 0.2) is 0 Å². The zero-order valence-corrected chi connectivity index (χ0v) is 13.2. The molecule has 1 aromatic carbocycles. The standard InChI is InChI=1S/C14H17N3S2/c1-12(2)14(17-16-13(3,4)19-14)18-11(15-12)10-8-6-5-7-9-10/h5-9H,1-4H3. The van der Waals surface area contributed by atoms with Gasteiger partial charge in [-0.25, -0.2) is 0 Å². The van der Waals surface area contributed by atoms with Crippen molar-refractivity contribution in [3.8, 4) is 0 Å². The average Bonchev–Trinajstić information content (AvgIpc) is 2.79. The fraction of sp³-hybridized carbons (Fsp3) is 0.500. The summed E-state index contributed by atoms with van der Waals surface area (Å²) in [7, 11) is 0. The van der Waals surface area contributed by atoms with Crippen LogP contribution in [-0.4, -0.2) is 19.7 Å². The summed E-state index contributed by atoms with van der Waals surface area (Å²) in [5.41, 5.74) is 0.920. The van der Waals surface area contributed by atoms with Gasteiger partial charge in [0, 0.05) is 5.56 Å². The first kappa shape index (κ1) is 13.2. The molecule has 5 heteroatoms. The van der Waals surface area contributed by atoms with Gasteiger partial charge in [0.25, 0.3) is 0 Å². The minimum absolute atomic E-state index is 0.161. The molecule has 2 aliphatic heterocycles. The van der Waals surface area contributed by atoms with E-state index < -0.39 is 0 Å². The normalized spacial score (nSPS) is 30.8. The molecular formula is C14H17N3S2. The summed E-state index contributed by atoms with van der Waals surface area (Å²) in [5, 5.41) is 10.1. The largest absolute Gasteiger partial charge is 0.267 e. The van der Waals surface area contributed by atoms with Crippen LogP contribution in [-0.2, 0) is 0 Å². The lowest BCUT2D eigenvalue weighted by molar-refractivity contribution is 0.481. The molecule has 0 saturated carbocycles. The number of rotatable bonds is 1. The van der Waals surface area contributed by atoms with Gasteiger partial charge in [0.05, 0.1) is 0 Å². The van der Waals surface area contributed by atoms with Crippen molar-refractivity contribution in [2.45, 2.75) is 42.3 Å². The van der Waals surface area contributed by atoms with Crippen molar-refractivity contribution < 1.29 is 0 Å². The first-order valence-electron chi connectivity index (χ1n) is 6.32. The van der Waals surface area contributed by atoms with E-state index in [1.54, 1.807) is 23.5 Å². The number of nitrogens with zero attached hydrogens (tertiary/aromatic N) is 3. The minimum Gasteiger partial charge on any atom is -0.267 e. The van der Waals surface area contributed by atoms with E-state index in [1.165, 1.54) is 0 Å². The molecule has 0 amide bonds. The number of thioether (sulfide) groups is 2. The van der Waals surface area contributed by atoms with Gasteiger partial charge in [-0.05, 0) is 27.7 Å². The smallest absolute Gasteiger partial charge is 0.205 e.